The van der Waals surface area contributed by atoms with Crippen LogP contribution in [0, 0.1) is 5.92 Å². The Labute approximate surface area is 290 Å². The molecule has 2 aliphatic rings. The van der Waals surface area contributed by atoms with Gasteiger partial charge in [-0.15, -0.1) is 0 Å². The first kappa shape index (κ1) is 44.1. The molecule has 0 saturated heterocycles. The average Bonchev–Trinajstić information content (AvgIpc) is 3.51. The molecule has 0 bridgehead atoms. The number of allylic oxidation sites excluding steroid dienone is 5. The fourth-order valence-electron chi connectivity index (χ4n) is 5.43. The molecule has 4 rings (SSSR count). The van der Waals surface area contributed by atoms with E-state index in [1.807, 2.05) is 19.9 Å². The molecule has 1 aliphatic carbocycles. The molecule has 2 nitrogen and oxygen atoms in total. The van der Waals surface area contributed by atoms with Crippen LogP contribution < -0.4 is 0 Å². The second-order valence-electron chi connectivity index (χ2n) is 12.7. The summed E-state index contributed by atoms with van der Waals surface area (Å²) < 4.78 is 12.6. The van der Waals surface area contributed by atoms with Gasteiger partial charge in [0.1, 0.15) is 11.4 Å². The van der Waals surface area contributed by atoms with Crippen LogP contribution >= 0.6 is 0 Å². The fraction of sp³-hybridized carbons (Fsp3) is 0.568. The second kappa shape index (κ2) is 27.1. The summed E-state index contributed by atoms with van der Waals surface area (Å²) in [7, 11) is 0. The molecule has 0 aromatic heterocycles. The number of nitrogens with zero attached hydrogens (tertiary/aromatic N) is 1. The van der Waals surface area contributed by atoms with E-state index in [1.165, 1.54) is 78.5 Å². The molecule has 0 radical (unpaired) electrons. The zero-order valence-corrected chi connectivity index (χ0v) is 32.1. The maximum Gasteiger partial charge on any atom is 0.143 e. The van der Waals surface area contributed by atoms with Gasteiger partial charge in [-0.1, -0.05) is 161 Å². The highest BCUT2D eigenvalue weighted by molar-refractivity contribution is 6.02. The molecule has 264 valence electrons. The van der Waals surface area contributed by atoms with Crippen molar-refractivity contribution in [1.82, 2.24) is 0 Å². The molecule has 1 saturated carbocycles. The Bertz CT molecular complexity index is 1170. The largest absolute Gasteiger partial charge is 0.389 e. The van der Waals surface area contributed by atoms with Gasteiger partial charge in [-0.25, -0.2) is 4.39 Å². The van der Waals surface area contributed by atoms with Gasteiger partial charge >= 0.3 is 0 Å². The summed E-state index contributed by atoms with van der Waals surface area (Å²) >= 11 is 0. The minimum atomic E-state index is -0.267. The van der Waals surface area contributed by atoms with Gasteiger partial charge < -0.3 is 4.84 Å². The quantitative estimate of drug-likeness (QED) is 0.235. The van der Waals surface area contributed by atoms with E-state index in [1.54, 1.807) is 0 Å². The summed E-state index contributed by atoms with van der Waals surface area (Å²) in [5.41, 5.74) is 7.63. The normalized spacial score (nSPS) is 15.5. The standard InChI is InChI=1S/C25H31NO.C11H17F.2C3H8.C2H6/c1-3-19(2)14-20-15-22(21-10-6-4-7-11-21)17-23(16-20)24-18-25(27-26-24)12-8-5-9-13-25;1-4-7-10(5-2)8-9-11(12)6-3;2*1-3-2;1-2/h4,6-7,10-11,15-17,19H,3,5,8-9,12-14,18H2,1-2H3;6,8-9H,3-5,7H2,1-2H3;2*3H2,1-2H3;1-2H3/b;10-8-,11-9+;;;. The van der Waals surface area contributed by atoms with Crippen LogP contribution in [0.5, 0.6) is 0 Å². The van der Waals surface area contributed by atoms with Crippen molar-refractivity contribution in [1.29, 1.82) is 0 Å². The Morgan fingerprint density at radius 3 is 2.00 bits per heavy atom. The molecule has 1 aliphatic heterocycles. The Hall–Kier alpha value is -2.94. The summed E-state index contributed by atoms with van der Waals surface area (Å²) in [6.45, 7) is 24.7. The molecular weight excluding hydrogens is 577 g/mol. The van der Waals surface area contributed by atoms with Gasteiger partial charge in [-0.05, 0) is 91.8 Å². The molecule has 1 spiro atoms. The van der Waals surface area contributed by atoms with Crippen LogP contribution in [0.2, 0.25) is 0 Å². The van der Waals surface area contributed by atoms with Crippen LogP contribution in [0.25, 0.3) is 11.1 Å². The Kier molecular flexibility index (Phi) is 25.4. The van der Waals surface area contributed by atoms with Crippen molar-refractivity contribution in [3.8, 4) is 11.1 Å². The van der Waals surface area contributed by atoms with E-state index in [4.69, 9.17) is 4.84 Å². The number of rotatable bonds is 10. The third-order valence-electron chi connectivity index (χ3n) is 8.02. The van der Waals surface area contributed by atoms with E-state index < -0.39 is 0 Å². The SMILES string of the molecule is C=C/C(F)=C\C=C(\CC)CCC.CC.CCC.CCC.CCC(C)Cc1cc(C2=NOC3(CCCCC3)C2)cc(-c2ccccc2)c1. The molecule has 0 N–H and O–H groups in total. The van der Waals surface area contributed by atoms with Crippen LogP contribution in [0.4, 0.5) is 4.39 Å². The highest BCUT2D eigenvalue weighted by Crippen LogP contribution is 2.40. The minimum Gasteiger partial charge on any atom is -0.389 e. The van der Waals surface area contributed by atoms with Crippen LogP contribution in [0.1, 0.15) is 157 Å². The Morgan fingerprint density at radius 2 is 1.47 bits per heavy atom. The van der Waals surface area contributed by atoms with Gasteiger partial charge in [0.05, 0.1) is 5.71 Å². The molecule has 0 amide bonds. The van der Waals surface area contributed by atoms with E-state index in [0.29, 0.717) is 5.92 Å². The zero-order chi connectivity index (χ0) is 35.5. The summed E-state index contributed by atoms with van der Waals surface area (Å²) in [5, 5.41) is 4.57. The van der Waals surface area contributed by atoms with Gasteiger partial charge in [0.2, 0.25) is 0 Å². The first-order valence-corrected chi connectivity index (χ1v) is 18.9. The highest BCUT2D eigenvalue weighted by Gasteiger charge is 2.40. The third-order valence-corrected chi connectivity index (χ3v) is 8.02. The molecule has 2 aromatic rings. The van der Waals surface area contributed by atoms with Crippen molar-refractivity contribution < 1.29 is 9.23 Å². The number of benzene rings is 2. The maximum absolute atomic E-state index is 12.6. The predicted octanol–water partition coefficient (Wildman–Crippen LogP) is 14.8. The summed E-state index contributed by atoms with van der Waals surface area (Å²) in [5.74, 6) is 0.423. The summed E-state index contributed by atoms with van der Waals surface area (Å²) in [6, 6.07) is 17.7. The maximum atomic E-state index is 12.6. The summed E-state index contributed by atoms with van der Waals surface area (Å²) in [6.07, 6.45) is 19.7. The van der Waals surface area contributed by atoms with Gasteiger partial charge in [-0.3, -0.25) is 0 Å². The molecule has 1 atom stereocenters. The van der Waals surface area contributed by atoms with Crippen LogP contribution in [0.15, 0.2) is 89.9 Å². The molecule has 47 heavy (non-hydrogen) atoms. The van der Waals surface area contributed by atoms with Crippen LogP contribution in [-0.2, 0) is 11.3 Å². The van der Waals surface area contributed by atoms with Crippen molar-refractivity contribution in [2.75, 3.05) is 0 Å². The van der Waals surface area contributed by atoms with Crippen molar-refractivity contribution in [3.05, 3.63) is 95.9 Å². The second-order valence-corrected chi connectivity index (χ2v) is 12.7. The molecule has 3 heteroatoms. The molecule has 2 aromatic carbocycles. The monoisotopic (exact) mass is 648 g/mol. The summed E-state index contributed by atoms with van der Waals surface area (Å²) in [4.78, 5) is 6.02. The number of oxime groups is 1. The van der Waals surface area contributed by atoms with Gasteiger partial charge in [0.25, 0.3) is 0 Å². The fourth-order valence-corrected chi connectivity index (χ4v) is 5.43. The van der Waals surface area contributed by atoms with Crippen LogP contribution in [-0.4, -0.2) is 11.3 Å². The lowest BCUT2D eigenvalue weighted by Gasteiger charge is -2.30. The van der Waals surface area contributed by atoms with Crippen molar-refractivity contribution >= 4 is 5.71 Å². The molecular formula is C44H70FNO. The third kappa shape index (κ3) is 17.7. The lowest BCUT2D eigenvalue weighted by atomic mass is 9.80. The number of hydrogen-bond donors (Lipinski definition) is 0. The lowest BCUT2D eigenvalue weighted by Crippen LogP contribution is -2.31. The highest BCUT2D eigenvalue weighted by atomic mass is 19.1. The Morgan fingerprint density at radius 1 is 0.872 bits per heavy atom. The topological polar surface area (TPSA) is 21.6 Å². The van der Waals surface area contributed by atoms with Crippen LogP contribution in [0.3, 0.4) is 0 Å². The van der Waals surface area contributed by atoms with E-state index in [9.17, 15) is 4.39 Å². The van der Waals surface area contributed by atoms with Gasteiger partial charge in [0.15, 0.2) is 0 Å². The molecule has 1 unspecified atom stereocenters. The first-order valence-electron chi connectivity index (χ1n) is 18.9. The van der Waals surface area contributed by atoms with E-state index in [2.05, 4.69) is 116 Å². The van der Waals surface area contributed by atoms with Crippen molar-refractivity contribution in [2.45, 2.75) is 158 Å². The zero-order valence-electron chi connectivity index (χ0n) is 32.1. The van der Waals surface area contributed by atoms with Gasteiger partial charge in [0, 0.05) is 12.0 Å². The smallest absolute Gasteiger partial charge is 0.143 e. The molecule has 1 fully saturated rings. The van der Waals surface area contributed by atoms with Gasteiger partial charge in [-0.2, -0.15) is 0 Å². The first-order chi connectivity index (χ1) is 22.7. The minimum absolute atomic E-state index is 0.0206. The van der Waals surface area contributed by atoms with Crippen molar-refractivity contribution in [3.63, 3.8) is 0 Å². The average molecular weight is 648 g/mol. The van der Waals surface area contributed by atoms with E-state index >= 15 is 0 Å². The predicted molar refractivity (Wildman–Crippen MR) is 209 cm³/mol. The lowest BCUT2D eigenvalue weighted by molar-refractivity contribution is -0.0449. The number of halogens is 1. The van der Waals surface area contributed by atoms with E-state index in [0.717, 1.165) is 50.7 Å². The molecule has 1 heterocycles. The van der Waals surface area contributed by atoms with E-state index in [-0.39, 0.29) is 11.4 Å². The van der Waals surface area contributed by atoms with Crippen molar-refractivity contribution in [2.24, 2.45) is 11.1 Å². The number of hydrogen-bond acceptors (Lipinski definition) is 2. The Balaban J connectivity index is 0.000000887.